The molecule has 0 aliphatic heterocycles. The Labute approximate surface area is 23.4 Å². The molecule has 0 bridgehead atoms. The van der Waals surface area contributed by atoms with Gasteiger partial charge in [0, 0.05) is 0 Å². The molecule has 0 N–H and O–H groups in total. The second kappa shape index (κ2) is 2.60. The molecule has 0 aromatic heterocycles. The third-order valence-electron chi connectivity index (χ3n) is 0.0630. The van der Waals surface area contributed by atoms with Crippen molar-refractivity contribution in [3.63, 3.8) is 0 Å². The van der Waals surface area contributed by atoms with Gasteiger partial charge >= 0.3 is 0 Å². The minimum Gasteiger partial charge on any atom is -0.300 e. The van der Waals surface area contributed by atoms with E-state index in [4.69, 9.17) is 4.79 Å². The van der Waals surface area contributed by atoms with Crippen molar-refractivity contribution in [2.24, 2.45) is 0 Å². The quantitative estimate of drug-likeness (QED) is 0.394. The molecule has 4 heavy (non-hydrogen) atoms. The van der Waals surface area contributed by atoms with E-state index in [2.05, 4.69) is 0 Å². The standard InChI is InChI=1S/C2H3FO/c3-1-2-4/h2H,1H2/i3-1. The highest BCUT2D eigenvalue weighted by molar-refractivity contribution is 5.50. The summed E-state index contributed by atoms with van der Waals surface area (Å²) in [6.45, 7) is -0.861. The summed E-state index contributed by atoms with van der Waals surface area (Å²) in [4.78, 5) is 8.80. The Kier molecular flexibility index (Phi) is 2.34. The van der Waals surface area contributed by atoms with Crippen LogP contribution in [-0.2, 0) is 4.79 Å². The van der Waals surface area contributed by atoms with Gasteiger partial charge in [0.1, 0.15) is 6.67 Å². The lowest BCUT2D eigenvalue weighted by Crippen LogP contribution is -1.65. The van der Waals surface area contributed by atoms with Crippen LogP contribution in [0.2, 0.25) is 0 Å². The van der Waals surface area contributed by atoms with Crippen LogP contribution >= 0.6 is 0 Å². The van der Waals surface area contributed by atoms with Crippen LogP contribution in [0.1, 0.15) is 0 Å². The molecule has 0 radical (unpaired) electrons. The maximum Gasteiger partial charge on any atom is 0.150 e. The van der Waals surface area contributed by atoms with E-state index in [1.165, 1.54) is 0 Å². The van der Waals surface area contributed by atoms with Crippen molar-refractivity contribution in [1.29, 1.82) is 0 Å². The van der Waals surface area contributed by atoms with Crippen molar-refractivity contribution in [2.45, 2.75) is 0 Å². The molecule has 0 amide bonds. The molecule has 0 atom stereocenters. The number of aldehydes is 1. The van der Waals surface area contributed by atoms with Crippen molar-refractivity contribution >= 4 is 6.29 Å². The summed E-state index contributed by atoms with van der Waals surface area (Å²) in [5.74, 6) is 0. The Morgan fingerprint density at radius 2 is 2.25 bits per heavy atom. The van der Waals surface area contributed by atoms with Gasteiger partial charge in [0.25, 0.3) is 0 Å². The average Bonchev–Trinajstić information content (AvgIpc) is 1.37. The molecule has 0 spiro atoms. The molecular formula is C2H3FO. The molecule has 0 aromatic rings. The van der Waals surface area contributed by atoms with Crippen LogP contribution in [0.25, 0.3) is 0 Å². The smallest absolute Gasteiger partial charge is 0.150 e. The fourth-order valence-electron chi connectivity index (χ4n) is 0. The minimum atomic E-state index is -0.861. The predicted molar refractivity (Wildman–Crippen MR) is 12.0 cm³/mol. The van der Waals surface area contributed by atoms with Crippen molar-refractivity contribution in [3.8, 4) is 0 Å². The SMILES string of the molecule is O=CC[18F]. The fourth-order valence-corrected chi connectivity index (χ4v) is 0. The first-order valence-corrected chi connectivity index (χ1v) is 0.911. The summed E-state index contributed by atoms with van der Waals surface area (Å²) in [6, 6.07) is 0. The first-order chi connectivity index (χ1) is 1.91. The van der Waals surface area contributed by atoms with E-state index in [9.17, 15) is 4.39 Å². The number of carbonyl (C=O) groups is 1. The van der Waals surface area contributed by atoms with Gasteiger partial charge in [0.15, 0.2) is 6.29 Å². The summed E-state index contributed by atoms with van der Waals surface area (Å²) in [5.41, 5.74) is 0. The molecule has 0 aliphatic rings. The number of rotatable bonds is 1. The molecular weight excluding hydrogens is 58.0 g/mol. The Balaban J connectivity index is 2.30. The number of hydrogen-bond donors (Lipinski definition) is 0. The van der Waals surface area contributed by atoms with E-state index in [0.717, 1.165) is 0 Å². The van der Waals surface area contributed by atoms with E-state index < -0.39 is 6.67 Å². The van der Waals surface area contributed by atoms with Gasteiger partial charge in [0.05, 0.1) is 0 Å². The maximum absolute atomic E-state index is 10.4. The van der Waals surface area contributed by atoms with Crippen molar-refractivity contribution < 1.29 is 9.18 Å². The molecule has 0 saturated carbocycles. The highest BCUT2D eigenvalue weighted by Crippen LogP contribution is 1.46. The third-order valence-corrected chi connectivity index (χ3v) is 0.0630. The van der Waals surface area contributed by atoms with Gasteiger partial charge < -0.3 is 4.79 Å². The lowest BCUT2D eigenvalue weighted by Gasteiger charge is -1.48. The molecule has 0 rings (SSSR count). The zero-order valence-electron chi connectivity index (χ0n) is 2.07. The first kappa shape index (κ1) is 3.60. The lowest BCUT2D eigenvalue weighted by molar-refractivity contribution is -0.108. The Hall–Kier alpha value is -0.400. The van der Waals surface area contributed by atoms with Crippen LogP contribution < -0.4 is 0 Å². The lowest BCUT2D eigenvalue weighted by atomic mass is 10.9. The number of hydrogen-bond acceptors (Lipinski definition) is 1. The van der Waals surface area contributed by atoms with Gasteiger partial charge in [-0.05, 0) is 0 Å². The topological polar surface area (TPSA) is 17.1 Å². The Morgan fingerprint density at radius 1 is 2.00 bits per heavy atom. The number of halogens is 1. The van der Waals surface area contributed by atoms with Gasteiger partial charge in [-0.2, -0.15) is 0 Å². The molecule has 24 valence electrons. The van der Waals surface area contributed by atoms with Crippen LogP contribution in [-0.4, -0.2) is 13.0 Å². The summed E-state index contributed by atoms with van der Waals surface area (Å²) in [6.07, 6.45) is 0.208. The first-order valence-electron chi connectivity index (χ1n) is 0.911. The normalized spacial score (nSPS) is 6.25. The number of alkyl halides is 1. The van der Waals surface area contributed by atoms with Crippen LogP contribution in [0.3, 0.4) is 0 Å². The maximum atomic E-state index is 10.4. The summed E-state index contributed by atoms with van der Waals surface area (Å²) in [7, 11) is 0. The highest BCUT2D eigenvalue weighted by Gasteiger charge is 1.57. The molecule has 0 aromatic carbocycles. The fraction of sp³-hybridized carbons (Fsp3) is 0.500. The van der Waals surface area contributed by atoms with Crippen LogP contribution in [0.15, 0.2) is 0 Å². The molecule has 0 heterocycles. The van der Waals surface area contributed by atoms with Gasteiger partial charge in [-0.3, -0.25) is 0 Å². The van der Waals surface area contributed by atoms with Gasteiger partial charge in [-0.15, -0.1) is 0 Å². The van der Waals surface area contributed by atoms with E-state index >= 15 is 0 Å². The van der Waals surface area contributed by atoms with Crippen LogP contribution in [0, 0.1) is 0 Å². The predicted octanol–water partition coefficient (Wildman–Crippen LogP) is 0.155. The van der Waals surface area contributed by atoms with Gasteiger partial charge in [-0.1, -0.05) is 0 Å². The van der Waals surface area contributed by atoms with Gasteiger partial charge in [-0.25, -0.2) is 4.39 Å². The van der Waals surface area contributed by atoms with E-state index in [1.807, 2.05) is 0 Å². The average molecular weight is 61.0 g/mol. The molecule has 2 heteroatoms. The summed E-state index contributed by atoms with van der Waals surface area (Å²) in [5, 5.41) is 0. The molecule has 0 unspecified atom stereocenters. The summed E-state index contributed by atoms with van der Waals surface area (Å²) < 4.78 is 10.4. The van der Waals surface area contributed by atoms with Crippen molar-refractivity contribution in [2.75, 3.05) is 6.67 Å². The van der Waals surface area contributed by atoms with E-state index in [-0.39, 0.29) is 6.29 Å². The summed E-state index contributed by atoms with van der Waals surface area (Å²) >= 11 is 0. The van der Waals surface area contributed by atoms with Crippen molar-refractivity contribution in [1.82, 2.24) is 0 Å². The molecule has 1 nitrogen and oxygen atoms in total. The minimum absolute atomic E-state index is 0.208. The monoisotopic (exact) mass is 61.0 g/mol. The molecule has 0 aliphatic carbocycles. The van der Waals surface area contributed by atoms with Crippen LogP contribution in [0.4, 0.5) is 4.39 Å². The highest BCUT2D eigenvalue weighted by atomic mass is 18.2. The second-order valence-electron chi connectivity index (χ2n) is 0.321. The van der Waals surface area contributed by atoms with Crippen molar-refractivity contribution in [3.05, 3.63) is 0 Å². The van der Waals surface area contributed by atoms with E-state index in [0.29, 0.717) is 0 Å². The van der Waals surface area contributed by atoms with Gasteiger partial charge in [0.2, 0.25) is 0 Å². The Morgan fingerprint density at radius 3 is 2.25 bits per heavy atom. The second-order valence-corrected chi connectivity index (χ2v) is 0.321. The Bertz CT molecular complexity index is 20.0. The zero-order chi connectivity index (χ0) is 3.41. The van der Waals surface area contributed by atoms with E-state index in [1.54, 1.807) is 0 Å². The third kappa shape index (κ3) is 1.60. The van der Waals surface area contributed by atoms with Crippen LogP contribution in [0.5, 0.6) is 0 Å². The largest absolute Gasteiger partial charge is 0.300 e. The molecule has 0 saturated heterocycles. The number of carbonyl (C=O) groups excluding carboxylic acids is 1. The zero-order valence-corrected chi connectivity index (χ0v) is 2.07. The molecule has 0 fully saturated rings.